The van der Waals surface area contributed by atoms with E-state index in [2.05, 4.69) is 6.07 Å². The standard InChI is InChI=1S/C21H28N4O2S/c1-23(14-19(26)24-10-4-5-11-24)15-20(27)25-12-6-7-16(13-25)21-22-17-8-2-3-9-18(17)28-21/h2-3,8-9,16H,4-7,10-15H2,1H3/t16-/m0/s1. The van der Waals surface area contributed by atoms with Crippen LogP contribution in [0.15, 0.2) is 24.3 Å². The number of amides is 2. The third-order valence-corrected chi connectivity index (χ3v) is 6.90. The maximum Gasteiger partial charge on any atom is 0.236 e. The van der Waals surface area contributed by atoms with Crippen LogP contribution in [-0.2, 0) is 9.59 Å². The number of rotatable bonds is 5. The third-order valence-electron chi connectivity index (χ3n) is 5.70. The predicted octanol–water partition coefficient (Wildman–Crippen LogP) is 2.56. The lowest BCUT2D eigenvalue weighted by molar-refractivity contribution is -0.135. The van der Waals surface area contributed by atoms with Crippen molar-refractivity contribution in [3.05, 3.63) is 29.3 Å². The van der Waals surface area contributed by atoms with Crippen molar-refractivity contribution in [2.24, 2.45) is 0 Å². The summed E-state index contributed by atoms with van der Waals surface area (Å²) in [5.41, 5.74) is 1.05. The van der Waals surface area contributed by atoms with Crippen LogP contribution in [0.1, 0.15) is 36.6 Å². The van der Waals surface area contributed by atoms with Crippen molar-refractivity contribution >= 4 is 33.4 Å². The Bertz CT molecular complexity index is 813. The summed E-state index contributed by atoms with van der Waals surface area (Å²) in [5, 5.41) is 1.14. The Balaban J connectivity index is 1.33. The normalized spacial score (nSPS) is 20.3. The molecule has 3 heterocycles. The lowest BCUT2D eigenvalue weighted by atomic mass is 9.98. The van der Waals surface area contributed by atoms with Gasteiger partial charge in [0.25, 0.3) is 0 Å². The highest BCUT2D eigenvalue weighted by molar-refractivity contribution is 7.18. The van der Waals surface area contributed by atoms with Crippen LogP contribution in [-0.4, -0.2) is 77.8 Å². The Hall–Kier alpha value is -1.99. The van der Waals surface area contributed by atoms with Crippen LogP contribution >= 0.6 is 11.3 Å². The van der Waals surface area contributed by atoms with Gasteiger partial charge in [-0.05, 0) is 44.9 Å². The zero-order valence-corrected chi connectivity index (χ0v) is 17.3. The Morgan fingerprint density at radius 2 is 1.75 bits per heavy atom. The average Bonchev–Trinajstić information content (AvgIpc) is 3.37. The summed E-state index contributed by atoms with van der Waals surface area (Å²) in [6.07, 6.45) is 4.26. The Morgan fingerprint density at radius 3 is 2.50 bits per heavy atom. The molecule has 0 unspecified atom stereocenters. The first kappa shape index (κ1) is 19.3. The number of aromatic nitrogens is 1. The zero-order valence-electron chi connectivity index (χ0n) is 16.5. The molecule has 2 fully saturated rings. The molecule has 2 aliphatic rings. The molecule has 0 saturated carbocycles. The van der Waals surface area contributed by atoms with Crippen LogP contribution in [0.2, 0.25) is 0 Å². The van der Waals surface area contributed by atoms with E-state index in [4.69, 9.17) is 4.98 Å². The highest BCUT2D eigenvalue weighted by Gasteiger charge is 2.28. The molecule has 7 heteroatoms. The number of carbonyl (C=O) groups excluding carboxylic acids is 2. The lowest BCUT2D eigenvalue weighted by Crippen LogP contribution is -2.46. The first-order valence-electron chi connectivity index (χ1n) is 10.2. The molecule has 2 saturated heterocycles. The van der Waals surface area contributed by atoms with Gasteiger partial charge in [-0.3, -0.25) is 14.5 Å². The fourth-order valence-electron chi connectivity index (χ4n) is 4.15. The fourth-order valence-corrected chi connectivity index (χ4v) is 5.25. The van der Waals surface area contributed by atoms with Crippen LogP contribution < -0.4 is 0 Å². The Kier molecular flexibility index (Phi) is 5.92. The van der Waals surface area contributed by atoms with Gasteiger partial charge in [-0.1, -0.05) is 12.1 Å². The maximum absolute atomic E-state index is 12.8. The number of hydrogen-bond acceptors (Lipinski definition) is 5. The summed E-state index contributed by atoms with van der Waals surface area (Å²) in [6, 6.07) is 8.21. The van der Waals surface area contributed by atoms with Crippen LogP contribution in [0.3, 0.4) is 0 Å². The number of thiazole rings is 1. The summed E-state index contributed by atoms with van der Waals surface area (Å²) in [5.74, 6) is 0.563. The largest absolute Gasteiger partial charge is 0.342 e. The van der Waals surface area contributed by atoms with E-state index in [9.17, 15) is 9.59 Å². The minimum absolute atomic E-state index is 0.113. The van der Waals surface area contributed by atoms with Gasteiger partial charge in [0.2, 0.25) is 11.8 Å². The quantitative estimate of drug-likeness (QED) is 0.774. The maximum atomic E-state index is 12.8. The van der Waals surface area contributed by atoms with Gasteiger partial charge in [-0.15, -0.1) is 11.3 Å². The number of fused-ring (bicyclic) bond motifs is 1. The first-order valence-corrected chi connectivity index (χ1v) is 11.0. The summed E-state index contributed by atoms with van der Waals surface area (Å²) in [4.78, 5) is 35.6. The van der Waals surface area contributed by atoms with Crippen molar-refractivity contribution in [1.82, 2.24) is 19.7 Å². The van der Waals surface area contributed by atoms with Crippen molar-refractivity contribution < 1.29 is 9.59 Å². The van der Waals surface area contributed by atoms with Crippen LogP contribution in [0.4, 0.5) is 0 Å². The zero-order chi connectivity index (χ0) is 19.5. The molecule has 28 heavy (non-hydrogen) atoms. The van der Waals surface area contributed by atoms with E-state index in [1.54, 1.807) is 11.3 Å². The van der Waals surface area contributed by atoms with Gasteiger partial charge in [0.05, 0.1) is 28.3 Å². The van der Waals surface area contributed by atoms with Gasteiger partial charge in [0.15, 0.2) is 0 Å². The second-order valence-electron chi connectivity index (χ2n) is 7.96. The van der Waals surface area contributed by atoms with E-state index >= 15 is 0 Å². The van der Waals surface area contributed by atoms with Gasteiger partial charge >= 0.3 is 0 Å². The lowest BCUT2D eigenvalue weighted by Gasteiger charge is -2.33. The van der Waals surface area contributed by atoms with E-state index in [1.165, 1.54) is 4.70 Å². The number of hydrogen-bond donors (Lipinski definition) is 0. The predicted molar refractivity (Wildman–Crippen MR) is 111 cm³/mol. The number of likely N-dealkylation sites (tertiary alicyclic amines) is 2. The monoisotopic (exact) mass is 400 g/mol. The molecule has 2 aliphatic heterocycles. The van der Waals surface area contributed by atoms with Crippen molar-refractivity contribution in [2.75, 3.05) is 46.3 Å². The highest BCUT2D eigenvalue weighted by Crippen LogP contribution is 2.32. The second kappa shape index (κ2) is 8.57. The topological polar surface area (TPSA) is 56.8 Å². The number of nitrogens with zero attached hydrogens (tertiary/aromatic N) is 4. The Morgan fingerprint density at radius 1 is 1.07 bits per heavy atom. The molecular weight excluding hydrogens is 372 g/mol. The molecule has 2 amide bonds. The van der Waals surface area contributed by atoms with E-state index in [1.807, 2.05) is 39.9 Å². The molecule has 1 aromatic heterocycles. The molecule has 150 valence electrons. The number of para-hydroxylation sites is 1. The first-order chi connectivity index (χ1) is 13.6. The molecule has 0 spiro atoms. The molecule has 0 radical (unpaired) electrons. The molecule has 4 rings (SSSR count). The van der Waals surface area contributed by atoms with E-state index in [0.29, 0.717) is 19.0 Å². The summed E-state index contributed by atoms with van der Waals surface area (Å²) in [7, 11) is 1.86. The number of piperidine rings is 1. The van der Waals surface area contributed by atoms with Crippen LogP contribution in [0.5, 0.6) is 0 Å². The average molecular weight is 401 g/mol. The van der Waals surface area contributed by atoms with Gasteiger partial charge in [-0.25, -0.2) is 4.98 Å². The molecule has 0 bridgehead atoms. The highest BCUT2D eigenvalue weighted by atomic mass is 32.1. The smallest absolute Gasteiger partial charge is 0.236 e. The van der Waals surface area contributed by atoms with Crippen molar-refractivity contribution in [2.45, 2.75) is 31.6 Å². The van der Waals surface area contributed by atoms with Gasteiger partial charge in [0, 0.05) is 32.1 Å². The summed E-state index contributed by atoms with van der Waals surface area (Å²) >= 11 is 1.74. The second-order valence-corrected chi connectivity index (χ2v) is 9.02. The van der Waals surface area contributed by atoms with Crippen LogP contribution in [0.25, 0.3) is 10.2 Å². The Labute approximate surface area is 170 Å². The van der Waals surface area contributed by atoms with Gasteiger partial charge < -0.3 is 9.80 Å². The van der Waals surface area contributed by atoms with Crippen molar-refractivity contribution in [3.8, 4) is 0 Å². The summed E-state index contributed by atoms with van der Waals surface area (Å²) in [6.45, 7) is 3.86. The van der Waals surface area contributed by atoms with Gasteiger partial charge in [-0.2, -0.15) is 0 Å². The molecular formula is C21H28N4O2S. The number of likely N-dealkylation sites (N-methyl/N-ethyl adjacent to an activating group) is 1. The fraction of sp³-hybridized carbons (Fsp3) is 0.571. The van der Waals surface area contributed by atoms with E-state index < -0.39 is 0 Å². The van der Waals surface area contributed by atoms with E-state index in [-0.39, 0.29) is 11.8 Å². The minimum Gasteiger partial charge on any atom is -0.342 e. The molecule has 2 aromatic rings. The molecule has 1 atom stereocenters. The number of carbonyl (C=O) groups is 2. The SMILES string of the molecule is CN(CC(=O)N1CCCC1)CC(=O)N1CCC[C@H](c2nc3ccccc3s2)C1. The number of benzene rings is 1. The molecule has 0 N–H and O–H groups in total. The van der Waals surface area contributed by atoms with Crippen molar-refractivity contribution in [1.29, 1.82) is 0 Å². The van der Waals surface area contributed by atoms with Gasteiger partial charge in [0.1, 0.15) is 0 Å². The summed E-state index contributed by atoms with van der Waals surface area (Å²) < 4.78 is 1.21. The van der Waals surface area contributed by atoms with E-state index in [0.717, 1.165) is 62.4 Å². The van der Waals surface area contributed by atoms with Crippen molar-refractivity contribution in [3.63, 3.8) is 0 Å². The third kappa shape index (κ3) is 4.36. The molecule has 6 nitrogen and oxygen atoms in total. The molecule has 1 aromatic carbocycles. The minimum atomic E-state index is 0.113. The molecule has 0 aliphatic carbocycles. The van der Waals surface area contributed by atoms with Crippen LogP contribution in [0, 0.1) is 0 Å².